The van der Waals surface area contributed by atoms with Gasteiger partial charge >= 0.3 is 0 Å². The lowest BCUT2D eigenvalue weighted by atomic mass is 10.2. The molecular weight excluding hydrogens is 314 g/mol. The van der Waals surface area contributed by atoms with E-state index >= 15 is 0 Å². The molecule has 1 amide bonds. The molecular formula is C12H13N3O4S2. The smallest absolute Gasteiger partial charge is 0.262 e. The van der Waals surface area contributed by atoms with Gasteiger partial charge in [0.25, 0.3) is 5.56 Å². The summed E-state index contributed by atoms with van der Waals surface area (Å²) in [6.07, 6.45) is 1.76. The van der Waals surface area contributed by atoms with Crippen molar-refractivity contribution in [3.8, 4) is 0 Å². The van der Waals surface area contributed by atoms with Gasteiger partial charge in [-0.3, -0.25) is 14.2 Å². The molecule has 1 saturated heterocycles. The Kier molecular flexibility index (Phi) is 3.54. The third-order valence-corrected chi connectivity index (χ3v) is 5.95. The van der Waals surface area contributed by atoms with Crippen LogP contribution in [0.5, 0.6) is 0 Å². The highest BCUT2D eigenvalue weighted by molar-refractivity contribution is 7.91. The monoisotopic (exact) mass is 327 g/mol. The van der Waals surface area contributed by atoms with Gasteiger partial charge in [-0.15, -0.1) is 11.3 Å². The quantitative estimate of drug-likeness (QED) is 0.839. The molecule has 1 N–H and O–H groups in total. The maximum Gasteiger partial charge on any atom is 0.262 e. The van der Waals surface area contributed by atoms with E-state index in [4.69, 9.17) is 0 Å². The number of hydrogen-bond acceptors (Lipinski definition) is 6. The van der Waals surface area contributed by atoms with Crippen molar-refractivity contribution in [2.24, 2.45) is 0 Å². The van der Waals surface area contributed by atoms with Gasteiger partial charge < -0.3 is 5.32 Å². The molecule has 0 radical (unpaired) electrons. The van der Waals surface area contributed by atoms with E-state index in [1.54, 1.807) is 11.4 Å². The minimum atomic E-state index is -3.04. The number of carbonyl (C=O) groups excluding carboxylic acids is 1. The maximum absolute atomic E-state index is 12.1. The van der Waals surface area contributed by atoms with E-state index in [9.17, 15) is 18.0 Å². The highest BCUT2D eigenvalue weighted by Gasteiger charge is 2.28. The van der Waals surface area contributed by atoms with Crippen LogP contribution in [0.3, 0.4) is 0 Å². The van der Waals surface area contributed by atoms with Gasteiger partial charge in [-0.25, -0.2) is 13.4 Å². The van der Waals surface area contributed by atoms with Gasteiger partial charge in [-0.05, 0) is 17.9 Å². The first-order valence-electron chi connectivity index (χ1n) is 6.37. The first-order valence-corrected chi connectivity index (χ1v) is 9.07. The van der Waals surface area contributed by atoms with Crippen LogP contribution in [0.1, 0.15) is 6.42 Å². The van der Waals surface area contributed by atoms with E-state index in [-0.39, 0.29) is 35.6 Å². The number of sulfone groups is 1. The standard InChI is InChI=1S/C12H13N3O4S2/c16-10(14-8-2-4-21(18,19)6-8)5-15-7-13-11-9(12(15)17)1-3-20-11/h1,3,7-8H,2,4-6H2,(H,14,16). The summed E-state index contributed by atoms with van der Waals surface area (Å²) in [6.45, 7) is -0.159. The number of nitrogens with zero attached hydrogens (tertiary/aromatic N) is 2. The van der Waals surface area contributed by atoms with Gasteiger partial charge in [0.05, 0.1) is 23.2 Å². The predicted octanol–water partition coefficient (Wildman–Crippen LogP) is -0.239. The molecule has 0 spiro atoms. The summed E-state index contributed by atoms with van der Waals surface area (Å²) in [5, 5.41) is 4.90. The van der Waals surface area contributed by atoms with Crippen molar-refractivity contribution in [3.63, 3.8) is 0 Å². The molecule has 3 heterocycles. The van der Waals surface area contributed by atoms with Gasteiger partial charge in [-0.2, -0.15) is 0 Å². The zero-order valence-electron chi connectivity index (χ0n) is 11.0. The second-order valence-corrected chi connectivity index (χ2v) is 8.11. The normalized spacial score (nSPS) is 20.7. The van der Waals surface area contributed by atoms with Crippen molar-refractivity contribution in [2.75, 3.05) is 11.5 Å². The first-order chi connectivity index (χ1) is 9.94. The average molecular weight is 327 g/mol. The van der Waals surface area contributed by atoms with Crippen molar-refractivity contribution < 1.29 is 13.2 Å². The summed E-state index contributed by atoms with van der Waals surface area (Å²) in [4.78, 5) is 28.8. The Morgan fingerprint density at radius 3 is 3.05 bits per heavy atom. The number of amides is 1. The van der Waals surface area contributed by atoms with Crippen molar-refractivity contribution in [1.29, 1.82) is 0 Å². The average Bonchev–Trinajstić information content (AvgIpc) is 3.00. The van der Waals surface area contributed by atoms with Crippen LogP contribution in [-0.4, -0.2) is 41.4 Å². The van der Waals surface area contributed by atoms with Crippen molar-refractivity contribution >= 4 is 37.3 Å². The lowest BCUT2D eigenvalue weighted by molar-refractivity contribution is -0.122. The number of fused-ring (bicyclic) bond motifs is 1. The summed E-state index contributed by atoms with van der Waals surface area (Å²) >= 11 is 1.36. The van der Waals surface area contributed by atoms with E-state index in [2.05, 4.69) is 10.3 Å². The van der Waals surface area contributed by atoms with Crippen molar-refractivity contribution in [3.05, 3.63) is 28.1 Å². The van der Waals surface area contributed by atoms with Crippen LogP contribution in [-0.2, 0) is 21.2 Å². The van der Waals surface area contributed by atoms with Crippen LogP contribution in [0.15, 0.2) is 22.6 Å². The van der Waals surface area contributed by atoms with Gasteiger partial charge in [-0.1, -0.05) is 0 Å². The zero-order valence-corrected chi connectivity index (χ0v) is 12.6. The second-order valence-electron chi connectivity index (χ2n) is 4.98. The Morgan fingerprint density at radius 2 is 2.33 bits per heavy atom. The maximum atomic E-state index is 12.1. The number of aromatic nitrogens is 2. The molecule has 1 fully saturated rings. The molecule has 0 aliphatic carbocycles. The van der Waals surface area contributed by atoms with Crippen LogP contribution < -0.4 is 10.9 Å². The Morgan fingerprint density at radius 1 is 1.52 bits per heavy atom. The summed E-state index contributed by atoms with van der Waals surface area (Å²) in [7, 11) is -3.04. The fourth-order valence-electron chi connectivity index (χ4n) is 2.34. The molecule has 7 nitrogen and oxygen atoms in total. The molecule has 2 aromatic heterocycles. The molecule has 1 aliphatic heterocycles. The highest BCUT2D eigenvalue weighted by Crippen LogP contribution is 2.13. The molecule has 0 bridgehead atoms. The third-order valence-electron chi connectivity index (χ3n) is 3.36. The summed E-state index contributed by atoms with van der Waals surface area (Å²) < 4.78 is 23.9. The molecule has 9 heteroatoms. The molecule has 1 aliphatic rings. The van der Waals surface area contributed by atoms with Crippen LogP contribution in [0, 0.1) is 0 Å². The lowest BCUT2D eigenvalue weighted by Gasteiger charge is -2.11. The molecule has 0 saturated carbocycles. The van der Waals surface area contributed by atoms with Crippen molar-refractivity contribution in [2.45, 2.75) is 19.0 Å². The first kappa shape index (κ1) is 14.2. The van der Waals surface area contributed by atoms with E-state index in [0.29, 0.717) is 16.6 Å². The van der Waals surface area contributed by atoms with Gasteiger partial charge in [0.15, 0.2) is 9.84 Å². The molecule has 1 unspecified atom stereocenters. The van der Waals surface area contributed by atoms with Crippen LogP contribution in [0.2, 0.25) is 0 Å². The highest BCUT2D eigenvalue weighted by atomic mass is 32.2. The molecule has 0 aromatic carbocycles. The third kappa shape index (κ3) is 2.98. The summed E-state index contributed by atoms with van der Waals surface area (Å²) in [5.74, 6) is -0.314. The number of hydrogen-bond donors (Lipinski definition) is 1. The van der Waals surface area contributed by atoms with Gasteiger partial charge in [0, 0.05) is 6.04 Å². The fourth-order valence-corrected chi connectivity index (χ4v) is 4.74. The molecule has 112 valence electrons. The lowest BCUT2D eigenvalue weighted by Crippen LogP contribution is -2.39. The van der Waals surface area contributed by atoms with E-state index < -0.39 is 9.84 Å². The predicted molar refractivity (Wildman–Crippen MR) is 79.1 cm³/mol. The van der Waals surface area contributed by atoms with Gasteiger partial charge in [0.1, 0.15) is 11.4 Å². The minimum Gasteiger partial charge on any atom is -0.351 e. The summed E-state index contributed by atoms with van der Waals surface area (Å²) in [6, 6.07) is 1.31. The van der Waals surface area contributed by atoms with Crippen LogP contribution >= 0.6 is 11.3 Å². The Hall–Kier alpha value is -1.74. The Bertz CT molecular complexity index is 853. The van der Waals surface area contributed by atoms with Gasteiger partial charge in [0.2, 0.25) is 5.91 Å². The number of carbonyl (C=O) groups is 1. The van der Waals surface area contributed by atoms with E-state index in [0.717, 1.165) is 0 Å². The topological polar surface area (TPSA) is 98.1 Å². The number of thiophene rings is 1. The van der Waals surface area contributed by atoms with Crippen LogP contribution in [0.4, 0.5) is 0 Å². The fraction of sp³-hybridized carbons (Fsp3) is 0.417. The number of rotatable bonds is 3. The summed E-state index contributed by atoms with van der Waals surface area (Å²) in [5.41, 5.74) is -0.268. The molecule has 1 atom stereocenters. The second kappa shape index (κ2) is 5.23. The molecule has 2 aromatic rings. The Balaban J connectivity index is 1.72. The Labute approximate surface area is 124 Å². The van der Waals surface area contributed by atoms with Crippen molar-refractivity contribution in [1.82, 2.24) is 14.9 Å². The molecule has 21 heavy (non-hydrogen) atoms. The molecule has 3 rings (SSSR count). The van der Waals surface area contributed by atoms with E-state index in [1.165, 1.54) is 22.2 Å². The SMILES string of the molecule is O=C(Cn1cnc2sccc2c1=O)NC1CCS(=O)(=O)C1. The number of nitrogens with one attached hydrogen (secondary N) is 1. The minimum absolute atomic E-state index is 0.0323. The largest absolute Gasteiger partial charge is 0.351 e. The van der Waals surface area contributed by atoms with E-state index in [1.807, 2.05) is 0 Å². The van der Waals surface area contributed by atoms with Crippen LogP contribution in [0.25, 0.3) is 10.2 Å². The zero-order chi connectivity index (χ0) is 15.0.